The molecule has 0 aromatic heterocycles. The van der Waals surface area contributed by atoms with Gasteiger partial charge in [-0.15, -0.1) is 0 Å². The molecule has 146 valence electrons. The van der Waals surface area contributed by atoms with Crippen LogP contribution in [0.5, 0.6) is 0 Å². The van der Waals surface area contributed by atoms with Crippen molar-refractivity contribution in [1.82, 2.24) is 10.2 Å². The van der Waals surface area contributed by atoms with Crippen LogP contribution in [-0.4, -0.2) is 22.6 Å². The maximum atomic E-state index is 13.3. The molecular formula is C23H26N2O3. The van der Waals surface area contributed by atoms with E-state index in [1.54, 1.807) is 6.92 Å². The van der Waals surface area contributed by atoms with Crippen LogP contribution in [0.4, 0.5) is 4.79 Å². The predicted octanol–water partition coefficient (Wildman–Crippen LogP) is 4.09. The zero-order valence-corrected chi connectivity index (χ0v) is 17.3. The van der Waals surface area contributed by atoms with Gasteiger partial charge in [0.25, 0.3) is 5.91 Å². The van der Waals surface area contributed by atoms with Crippen molar-refractivity contribution in [3.63, 3.8) is 0 Å². The number of aryl methyl sites for hydroxylation is 3. The van der Waals surface area contributed by atoms with Crippen LogP contribution in [0, 0.1) is 27.7 Å². The van der Waals surface area contributed by atoms with Crippen LogP contribution < -0.4 is 5.32 Å². The first kappa shape index (κ1) is 19.8. The topological polar surface area (TPSA) is 66.5 Å². The van der Waals surface area contributed by atoms with Gasteiger partial charge in [0, 0.05) is 5.56 Å². The van der Waals surface area contributed by atoms with Gasteiger partial charge in [-0.3, -0.25) is 14.5 Å². The Hall–Kier alpha value is -2.95. The van der Waals surface area contributed by atoms with E-state index in [0.717, 1.165) is 33.4 Å². The third-order valence-electron chi connectivity index (χ3n) is 5.76. The maximum absolute atomic E-state index is 13.3. The second-order valence-electron chi connectivity index (χ2n) is 7.81. The van der Waals surface area contributed by atoms with Crippen molar-refractivity contribution in [2.45, 2.75) is 53.6 Å². The van der Waals surface area contributed by atoms with Crippen molar-refractivity contribution in [2.75, 3.05) is 0 Å². The average molecular weight is 378 g/mol. The van der Waals surface area contributed by atoms with Crippen molar-refractivity contribution in [2.24, 2.45) is 0 Å². The van der Waals surface area contributed by atoms with E-state index in [-0.39, 0.29) is 18.2 Å². The molecule has 0 spiro atoms. The van der Waals surface area contributed by atoms with Crippen molar-refractivity contribution < 1.29 is 14.4 Å². The zero-order valence-electron chi connectivity index (χ0n) is 17.3. The number of hydrogen-bond acceptors (Lipinski definition) is 3. The molecule has 1 fully saturated rings. The van der Waals surface area contributed by atoms with E-state index >= 15 is 0 Å². The highest BCUT2D eigenvalue weighted by atomic mass is 16.2. The molecule has 2 aromatic carbocycles. The number of benzene rings is 2. The fourth-order valence-electron chi connectivity index (χ4n) is 4.33. The number of urea groups is 1. The van der Waals surface area contributed by atoms with Crippen LogP contribution in [0.1, 0.15) is 57.6 Å². The van der Waals surface area contributed by atoms with Gasteiger partial charge in [-0.1, -0.05) is 30.3 Å². The lowest BCUT2D eigenvalue weighted by molar-refractivity contribution is -0.131. The largest absolute Gasteiger partial charge is 0.325 e. The van der Waals surface area contributed by atoms with E-state index in [1.165, 1.54) is 11.8 Å². The molecular weight excluding hydrogens is 352 g/mol. The number of Topliss-reactive ketones (excluding diaryl/α,β-unsaturated/α-hetero) is 1. The molecule has 3 amide bonds. The summed E-state index contributed by atoms with van der Waals surface area (Å²) in [5.41, 5.74) is 4.84. The summed E-state index contributed by atoms with van der Waals surface area (Å²) < 4.78 is 0. The quantitative estimate of drug-likeness (QED) is 0.644. The molecule has 3 rings (SSSR count). The smallest absolute Gasteiger partial charge is 0.319 e. The van der Waals surface area contributed by atoms with Crippen LogP contribution in [0.25, 0.3) is 0 Å². The van der Waals surface area contributed by atoms with Gasteiger partial charge in [0.1, 0.15) is 5.54 Å². The van der Waals surface area contributed by atoms with Gasteiger partial charge < -0.3 is 5.32 Å². The van der Waals surface area contributed by atoms with Crippen molar-refractivity contribution in [3.05, 3.63) is 69.3 Å². The highest BCUT2D eigenvalue weighted by Gasteiger charge is 2.49. The lowest BCUT2D eigenvalue weighted by Crippen LogP contribution is -2.41. The number of imide groups is 1. The SMILES string of the molecule is CC(=O)c1c(C)cc(C)c(CN2C(=O)NC(C)(c3ccccc3C)C2=O)c1C. The molecule has 1 saturated heterocycles. The van der Waals surface area contributed by atoms with E-state index < -0.39 is 11.6 Å². The third-order valence-corrected chi connectivity index (χ3v) is 5.76. The molecule has 1 aliphatic rings. The molecule has 1 atom stereocenters. The first-order valence-electron chi connectivity index (χ1n) is 9.38. The minimum atomic E-state index is -1.10. The molecule has 0 saturated carbocycles. The fraction of sp³-hybridized carbons (Fsp3) is 0.348. The van der Waals surface area contributed by atoms with Gasteiger partial charge in [0.05, 0.1) is 6.54 Å². The Morgan fingerprint density at radius 1 is 1.04 bits per heavy atom. The Kier molecular flexibility index (Phi) is 4.88. The molecule has 1 unspecified atom stereocenters. The molecule has 0 bridgehead atoms. The summed E-state index contributed by atoms with van der Waals surface area (Å²) in [7, 11) is 0. The second-order valence-corrected chi connectivity index (χ2v) is 7.81. The number of rotatable bonds is 4. The molecule has 28 heavy (non-hydrogen) atoms. The Morgan fingerprint density at radius 2 is 1.68 bits per heavy atom. The minimum absolute atomic E-state index is 0.0156. The summed E-state index contributed by atoms with van der Waals surface area (Å²) >= 11 is 0. The summed E-state index contributed by atoms with van der Waals surface area (Å²) in [4.78, 5) is 39.3. The summed E-state index contributed by atoms with van der Waals surface area (Å²) in [6, 6.07) is 9.09. The van der Waals surface area contributed by atoms with Gasteiger partial charge in [-0.25, -0.2) is 4.79 Å². The minimum Gasteiger partial charge on any atom is -0.319 e. The summed E-state index contributed by atoms with van der Waals surface area (Å²) in [5, 5.41) is 2.87. The number of hydrogen-bond donors (Lipinski definition) is 1. The highest BCUT2D eigenvalue weighted by molar-refractivity contribution is 6.07. The summed E-state index contributed by atoms with van der Waals surface area (Å²) in [6.45, 7) is 11.1. The van der Waals surface area contributed by atoms with Gasteiger partial charge in [-0.05, 0) is 74.9 Å². The van der Waals surface area contributed by atoms with E-state index in [2.05, 4.69) is 5.32 Å². The van der Waals surface area contributed by atoms with E-state index in [9.17, 15) is 14.4 Å². The van der Waals surface area contributed by atoms with Crippen LogP contribution in [-0.2, 0) is 16.9 Å². The first-order chi connectivity index (χ1) is 13.1. The van der Waals surface area contributed by atoms with Gasteiger partial charge in [-0.2, -0.15) is 0 Å². The Balaban J connectivity index is 2.02. The van der Waals surface area contributed by atoms with Crippen molar-refractivity contribution >= 4 is 17.7 Å². The van der Waals surface area contributed by atoms with Crippen LogP contribution >= 0.6 is 0 Å². The maximum Gasteiger partial charge on any atom is 0.325 e. The zero-order chi connectivity index (χ0) is 20.8. The van der Waals surface area contributed by atoms with Crippen molar-refractivity contribution in [1.29, 1.82) is 0 Å². The fourth-order valence-corrected chi connectivity index (χ4v) is 4.33. The third kappa shape index (κ3) is 3.01. The molecule has 5 heteroatoms. The molecule has 5 nitrogen and oxygen atoms in total. The van der Waals surface area contributed by atoms with Crippen LogP contribution in [0.2, 0.25) is 0 Å². The molecule has 1 N–H and O–H groups in total. The van der Waals surface area contributed by atoms with Gasteiger partial charge in [0.15, 0.2) is 5.78 Å². The number of carbonyl (C=O) groups is 3. The average Bonchev–Trinajstić information content (AvgIpc) is 2.81. The standard InChI is InChI=1S/C23H26N2O3/c1-13-9-7-8-10-19(13)23(6)21(27)25(22(28)24-23)12-18-14(2)11-15(3)20(16(18)4)17(5)26/h7-11H,12H2,1-6H3,(H,24,28). The monoisotopic (exact) mass is 378 g/mol. The Labute approximate surface area is 165 Å². The van der Waals surface area contributed by atoms with Gasteiger partial charge >= 0.3 is 6.03 Å². The number of ketones is 1. The van der Waals surface area contributed by atoms with E-state index in [0.29, 0.717) is 5.56 Å². The number of nitrogens with one attached hydrogen (secondary N) is 1. The molecule has 2 aromatic rings. The summed E-state index contributed by atoms with van der Waals surface area (Å²) in [5.74, 6) is -0.297. The van der Waals surface area contributed by atoms with Gasteiger partial charge in [0.2, 0.25) is 0 Å². The Bertz CT molecular complexity index is 1010. The number of amides is 3. The summed E-state index contributed by atoms with van der Waals surface area (Å²) in [6.07, 6.45) is 0. The first-order valence-corrected chi connectivity index (χ1v) is 9.38. The number of carbonyl (C=O) groups excluding carboxylic acids is 3. The number of nitrogens with zero attached hydrogens (tertiary/aromatic N) is 1. The van der Waals surface area contributed by atoms with Crippen LogP contribution in [0.3, 0.4) is 0 Å². The molecule has 1 aliphatic heterocycles. The lowest BCUT2D eigenvalue weighted by Gasteiger charge is -2.25. The lowest BCUT2D eigenvalue weighted by atomic mass is 9.88. The van der Waals surface area contributed by atoms with E-state index in [1.807, 2.05) is 58.0 Å². The predicted molar refractivity (Wildman–Crippen MR) is 108 cm³/mol. The normalized spacial score (nSPS) is 19.1. The highest BCUT2D eigenvalue weighted by Crippen LogP contribution is 2.33. The van der Waals surface area contributed by atoms with Crippen molar-refractivity contribution in [3.8, 4) is 0 Å². The van der Waals surface area contributed by atoms with E-state index in [4.69, 9.17) is 0 Å². The second kappa shape index (κ2) is 6.89. The molecule has 1 heterocycles. The molecule has 0 radical (unpaired) electrons. The Morgan fingerprint density at radius 3 is 2.29 bits per heavy atom. The van der Waals surface area contributed by atoms with Crippen LogP contribution in [0.15, 0.2) is 30.3 Å². The molecule has 0 aliphatic carbocycles.